The Bertz CT molecular complexity index is 230. The number of hydrogen-bond donors (Lipinski definition) is 0. The summed E-state index contributed by atoms with van der Waals surface area (Å²) in [4.78, 5) is 2.51. The van der Waals surface area contributed by atoms with Gasteiger partial charge in [0.1, 0.15) is 0 Å². The number of hydrogen-bond acceptors (Lipinski definition) is 1. The van der Waals surface area contributed by atoms with Gasteiger partial charge < -0.3 is 4.90 Å². The minimum Gasteiger partial charge on any atom is -0.306 e. The van der Waals surface area contributed by atoms with Crippen LogP contribution in [0.5, 0.6) is 0 Å². The van der Waals surface area contributed by atoms with Gasteiger partial charge in [0.25, 0.3) is 0 Å². The van der Waals surface area contributed by atoms with E-state index in [0.29, 0.717) is 0 Å². The lowest BCUT2D eigenvalue weighted by Gasteiger charge is -2.60. The second-order valence-corrected chi connectivity index (χ2v) is 6.73. The predicted octanol–water partition coefficient (Wildman–Crippen LogP) is 2.76. The SMILES string of the molecule is CN(C)C1C2CC3CC1CC(C)(C3)C2. The zero-order valence-electron chi connectivity index (χ0n) is 9.79. The van der Waals surface area contributed by atoms with Gasteiger partial charge in [-0.05, 0) is 69.4 Å². The smallest absolute Gasteiger partial charge is 0.0146 e. The van der Waals surface area contributed by atoms with Gasteiger partial charge >= 0.3 is 0 Å². The predicted molar refractivity (Wildman–Crippen MR) is 59.1 cm³/mol. The third-order valence-corrected chi connectivity index (χ3v) is 5.13. The molecule has 14 heavy (non-hydrogen) atoms. The molecule has 4 bridgehead atoms. The molecule has 0 aromatic carbocycles. The van der Waals surface area contributed by atoms with Crippen molar-refractivity contribution in [3.05, 3.63) is 0 Å². The largest absolute Gasteiger partial charge is 0.306 e. The van der Waals surface area contributed by atoms with Gasteiger partial charge in [0.15, 0.2) is 0 Å². The van der Waals surface area contributed by atoms with E-state index in [2.05, 4.69) is 25.9 Å². The summed E-state index contributed by atoms with van der Waals surface area (Å²) in [6.07, 6.45) is 7.65. The third-order valence-electron chi connectivity index (χ3n) is 5.13. The Balaban J connectivity index is 1.89. The van der Waals surface area contributed by atoms with Gasteiger partial charge in [-0.25, -0.2) is 0 Å². The molecule has 0 N–H and O–H groups in total. The quantitative estimate of drug-likeness (QED) is 0.619. The zero-order valence-corrected chi connectivity index (χ0v) is 9.79. The number of rotatable bonds is 1. The van der Waals surface area contributed by atoms with Crippen LogP contribution in [0.2, 0.25) is 0 Å². The first-order chi connectivity index (χ1) is 6.57. The van der Waals surface area contributed by atoms with Crippen molar-refractivity contribution in [2.75, 3.05) is 14.1 Å². The van der Waals surface area contributed by atoms with Crippen LogP contribution in [0, 0.1) is 23.2 Å². The summed E-state index contributed by atoms with van der Waals surface area (Å²) in [6.45, 7) is 2.55. The van der Waals surface area contributed by atoms with Gasteiger partial charge in [0.05, 0.1) is 0 Å². The summed E-state index contributed by atoms with van der Waals surface area (Å²) in [5.41, 5.74) is 0.739. The summed E-state index contributed by atoms with van der Waals surface area (Å²) in [6, 6.07) is 0.916. The Labute approximate surface area is 87.9 Å². The van der Waals surface area contributed by atoms with Crippen molar-refractivity contribution in [3.8, 4) is 0 Å². The Hall–Kier alpha value is -0.0400. The molecule has 0 radical (unpaired) electrons. The molecule has 0 spiro atoms. The summed E-state index contributed by atoms with van der Waals surface area (Å²) in [7, 11) is 4.57. The van der Waals surface area contributed by atoms with E-state index in [0.717, 1.165) is 29.2 Å². The van der Waals surface area contributed by atoms with Crippen molar-refractivity contribution in [3.63, 3.8) is 0 Å². The fourth-order valence-electron chi connectivity index (χ4n) is 5.25. The summed E-state index contributed by atoms with van der Waals surface area (Å²) in [5, 5.41) is 0. The van der Waals surface area contributed by atoms with E-state index in [1.165, 1.54) is 25.7 Å². The average Bonchev–Trinajstić information content (AvgIpc) is 1.97. The zero-order chi connectivity index (χ0) is 9.92. The maximum absolute atomic E-state index is 2.55. The van der Waals surface area contributed by atoms with Crippen molar-refractivity contribution in [2.45, 2.75) is 45.1 Å². The van der Waals surface area contributed by atoms with E-state index in [1.54, 1.807) is 6.42 Å². The molecular formula is C13H23N. The fourth-order valence-corrected chi connectivity index (χ4v) is 5.25. The average molecular weight is 193 g/mol. The maximum atomic E-state index is 2.55. The van der Waals surface area contributed by atoms with Crippen LogP contribution < -0.4 is 0 Å². The molecule has 4 fully saturated rings. The lowest BCUT2D eigenvalue weighted by molar-refractivity contribution is -0.0938. The van der Waals surface area contributed by atoms with Crippen LogP contribution in [0.1, 0.15) is 39.0 Å². The van der Waals surface area contributed by atoms with Crippen LogP contribution in [-0.4, -0.2) is 25.0 Å². The molecule has 1 heteroatoms. The van der Waals surface area contributed by atoms with Gasteiger partial charge in [-0.2, -0.15) is 0 Å². The molecule has 0 amide bonds. The molecule has 2 unspecified atom stereocenters. The van der Waals surface area contributed by atoms with Crippen molar-refractivity contribution >= 4 is 0 Å². The fraction of sp³-hybridized carbons (Fsp3) is 1.00. The molecule has 2 atom stereocenters. The Morgan fingerprint density at radius 2 is 1.57 bits per heavy atom. The monoisotopic (exact) mass is 193 g/mol. The van der Waals surface area contributed by atoms with Gasteiger partial charge in [-0.1, -0.05) is 6.92 Å². The highest BCUT2D eigenvalue weighted by atomic mass is 15.1. The Kier molecular flexibility index (Phi) is 1.81. The first-order valence-corrected chi connectivity index (χ1v) is 6.24. The number of nitrogens with zero attached hydrogens (tertiary/aromatic N) is 1. The lowest BCUT2D eigenvalue weighted by Crippen LogP contribution is -2.56. The van der Waals surface area contributed by atoms with Crippen molar-refractivity contribution in [1.29, 1.82) is 0 Å². The van der Waals surface area contributed by atoms with Gasteiger partial charge in [0.2, 0.25) is 0 Å². The van der Waals surface area contributed by atoms with Gasteiger partial charge in [-0.15, -0.1) is 0 Å². The van der Waals surface area contributed by atoms with E-state index < -0.39 is 0 Å². The van der Waals surface area contributed by atoms with Crippen LogP contribution in [0.4, 0.5) is 0 Å². The van der Waals surface area contributed by atoms with Crippen LogP contribution in [0.25, 0.3) is 0 Å². The van der Waals surface area contributed by atoms with E-state index in [4.69, 9.17) is 0 Å². The Morgan fingerprint density at radius 3 is 2.00 bits per heavy atom. The molecule has 80 valence electrons. The molecular weight excluding hydrogens is 170 g/mol. The minimum absolute atomic E-state index is 0.739. The Morgan fingerprint density at radius 1 is 1.00 bits per heavy atom. The molecule has 0 heterocycles. The molecule has 4 saturated carbocycles. The molecule has 0 aromatic heterocycles. The van der Waals surface area contributed by atoms with E-state index in [9.17, 15) is 0 Å². The molecule has 1 nitrogen and oxygen atoms in total. The lowest BCUT2D eigenvalue weighted by atomic mass is 9.48. The minimum atomic E-state index is 0.739. The van der Waals surface area contributed by atoms with Crippen LogP contribution in [0.3, 0.4) is 0 Å². The van der Waals surface area contributed by atoms with Crippen LogP contribution >= 0.6 is 0 Å². The molecule has 0 aliphatic heterocycles. The summed E-state index contributed by atoms with van der Waals surface area (Å²) in [5.74, 6) is 3.15. The highest BCUT2D eigenvalue weighted by molar-refractivity contribution is 5.05. The van der Waals surface area contributed by atoms with Crippen LogP contribution in [0.15, 0.2) is 0 Å². The van der Waals surface area contributed by atoms with Gasteiger partial charge in [0, 0.05) is 6.04 Å². The highest BCUT2D eigenvalue weighted by Gasteiger charge is 2.53. The van der Waals surface area contributed by atoms with Crippen molar-refractivity contribution in [2.24, 2.45) is 23.2 Å². The van der Waals surface area contributed by atoms with Gasteiger partial charge in [-0.3, -0.25) is 0 Å². The van der Waals surface area contributed by atoms with Crippen LogP contribution in [-0.2, 0) is 0 Å². The van der Waals surface area contributed by atoms with Crippen molar-refractivity contribution < 1.29 is 0 Å². The third kappa shape index (κ3) is 1.18. The molecule has 4 aliphatic carbocycles. The van der Waals surface area contributed by atoms with E-state index >= 15 is 0 Å². The molecule has 4 rings (SSSR count). The topological polar surface area (TPSA) is 3.24 Å². The summed E-state index contributed by atoms with van der Waals surface area (Å²) >= 11 is 0. The second-order valence-electron chi connectivity index (χ2n) is 6.73. The van der Waals surface area contributed by atoms with Crippen molar-refractivity contribution in [1.82, 2.24) is 4.90 Å². The maximum Gasteiger partial charge on any atom is 0.0146 e. The van der Waals surface area contributed by atoms with E-state index in [-0.39, 0.29) is 0 Å². The first kappa shape index (κ1) is 9.21. The second kappa shape index (κ2) is 2.75. The molecule has 0 aromatic rings. The standard InChI is InChI=1S/C13H23N/c1-13-6-9-4-10(7-13)12(14(2)3)11(5-9)8-13/h9-12H,4-8H2,1-3H3. The first-order valence-electron chi connectivity index (χ1n) is 6.24. The highest BCUT2D eigenvalue weighted by Crippen LogP contribution is 2.60. The summed E-state index contributed by atoms with van der Waals surface area (Å²) < 4.78 is 0. The normalized spacial score (nSPS) is 55.7. The molecule has 0 saturated heterocycles. The molecule has 4 aliphatic rings. The van der Waals surface area contributed by atoms with E-state index in [1.807, 2.05) is 0 Å².